The van der Waals surface area contributed by atoms with Gasteiger partial charge in [-0.15, -0.1) is 12.4 Å². The van der Waals surface area contributed by atoms with E-state index in [0.29, 0.717) is 29.7 Å². The van der Waals surface area contributed by atoms with Crippen LogP contribution in [0.25, 0.3) is 0 Å². The maximum Gasteiger partial charge on any atom is 0.315 e. The molecule has 144 valence electrons. The molecule has 0 aromatic rings. The fourth-order valence-electron chi connectivity index (χ4n) is 4.07. The number of urea groups is 1. The molecule has 0 aliphatic carbocycles. The van der Waals surface area contributed by atoms with Crippen LogP contribution in [-0.4, -0.2) is 65.6 Å². The molecule has 1 unspecified atom stereocenters. The molecular weight excluding hydrogens is 360 g/mol. The van der Waals surface area contributed by atoms with Crippen LogP contribution in [0.1, 0.15) is 45.4 Å². The zero-order valence-corrected chi connectivity index (χ0v) is 16.6. The van der Waals surface area contributed by atoms with Gasteiger partial charge in [0, 0.05) is 36.6 Å². The first kappa shape index (κ1) is 20.6. The van der Waals surface area contributed by atoms with Gasteiger partial charge in [-0.3, -0.25) is 4.79 Å². The molecule has 0 aromatic heterocycles. The lowest BCUT2D eigenvalue weighted by atomic mass is 10.0. The van der Waals surface area contributed by atoms with E-state index < -0.39 is 0 Å². The van der Waals surface area contributed by atoms with Gasteiger partial charge < -0.3 is 20.9 Å². The quantitative estimate of drug-likeness (QED) is 0.436. The fraction of sp³-hybridized carbons (Fsp3) is 0.882. The van der Waals surface area contributed by atoms with Gasteiger partial charge in [0.15, 0.2) is 0 Å². The number of rotatable bonds is 8. The van der Waals surface area contributed by atoms with Crippen molar-refractivity contribution in [1.29, 1.82) is 0 Å². The molecule has 25 heavy (non-hydrogen) atoms. The van der Waals surface area contributed by atoms with E-state index in [4.69, 9.17) is 0 Å². The van der Waals surface area contributed by atoms with Crippen molar-refractivity contribution >= 4 is 36.1 Å². The van der Waals surface area contributed by atoms with Crippen LogP contribution in [0.3, 0.4) is 0 Å². The Kier molecular flexibility index (Phi) is 8.16. The van der Waals surface area contributed by atoms with Gasteiger partial charge >= 0.3 is 6.03 Å². The van der Waals surface area contributed by atoms with Gasteiger partial charge in [0.05, 0.1) is 12.1 Å². The Morgan fingerprint density at radius 3 is 2.88 bits per heavy atom. The number of hydrogen-bond acceptors (Lipinski definition) is 4. The Morgan fingerprint density at radius 2 is 2.16 bits per heavy atom. The van der Waals surface area contributed by atoms with Crippen molar-refractivity contribution in [3.63, 3.8) is 0 Å². The topological polar surface area (TPSA) is 73.5 Å². The van der Waals surface area contributed by atoms with E-state index in [0.717, 1.165) is 57.5 Å². The standard InChI is InChI=1S/C17H30N4O2S.ClH/c1-2-9-21(12-7-8-18-10-12)15(22)6-4-3-5-14-16-13(11-24-14)19-17(23)20-16;/h12-14,16,18H,2-11H2,1H3,(H2,19,20,23);1H/t12?,13-,14-,16-;/m0./s1. The van der Waals surface area contributed by atoms with Crippen molar-refractivity contribution in [3.8, 4) is 0 Å². The molecule has 0 spiro atoms. The highest BCUT2D eigenvalue weighted by atomic mass is 35.5. The number of halogens is 1. The summed E-state index contributed by atoms with van der Waals surface area (Å²) >= 11 is 1.95. The second-order valence-electron chi connectivity index (χ2n) is 7.10. The molecule has 0 aromatic carbocycles. The van der Waals surface area contributed by atoms with Gasteiger partial charge in [-0.2, -0.15) is 11.8 Å². The molecule has 3 N–H and O–H groups in total. The molecule has 0 radical (unpaired) electrons. The monoisotopic (exact) mass is 390 g/mol. The highest BCUT2D eigenvalue weighted by Crippen LogP contribution is 2.33. The number of carbonyl (C=O) groups excluding carboxylic acids is 2. The molecule has 3 amide bonds. The predicted octanol–water partition coefficient (Wildman–Crippen LogP) is 1.73. The summed E-state index contributed by atoms with van der Waals surface area (Å²) in [4.78, 5) is 26.1. The van der Waals surface area contributed by atoms with Crippen molar-refractivity contribution in [2.45, 2.75) is 68.8 Å². The zero-order chi connectivity index (χ0) is 16.9. The normalized spacial score (nSPS) is 30.4. The number of carbonyl (C=O) groups is 2. The first-order chi connectivity index (χ1) is 11.7. The Labute approximate surface area is 161 Å². The lowest BCUT2D eigenvalue weighted by molar-refractivity contribution is -0.133. The smallest absolute Gasteiger partial charge is 0.315 e. The second-order valence-corrected chi connectivity index (χ2v) is 8.37. The van der Waals surface area contributed by atoms with E-state index in [2.05, 4.69) is 27.8 Å². The summed E-state index contributed by atoms with van der Waals surface area (Å²) in [5.74, 6) is 1.32. The zero-order valence-electron chi connectivity index (χ0n) is 15.0. The van der Waals surface area contributed by atoms with Crippen molar-refractivity contribution in [2.24, 2.45) is 0 Å². The minimum Gasteiger partial charge on any atom is -0.338 e. The first-order valence-corrected chi connectivity index (χ1v) is 10.4. The Balaban J connectivity index is 0.00000225. The van der Waals surface area contributed by atoms with Crippen LogP contribution in [0.4, 0.5) is 4.79 Å². The van der Waals surface area contributed by atoms with E-state index in [1.807, 2.05) is 11.8 Å². The highest BCUT2D eigenvalue weighted by molar-refractivity contribution is 8.00. The van der Waals surface area contributed by atoms with Gasteiger partial charge in [-0.05, 0) is 32.2 Å². The van der Waals surface area contributed by atoms with E-state index in [1.54, 1.807) is 0 Å². The molecule has 0 bridgehead atoms. The molecule has 8 heteroatoms. The molecule has 3 fully saturated rings. The van der Waals surface area contributed by atoms with Crippen LogP contribution >= 0.6 is 24.2 Å². The largest absolute Gasteiger partial charge is 0.338 e. The molecule has 3 aliphatic heterocycles. The summed E-state index contributed by atoms with van der Waals surface area (Å²) in [5.41, 5.74) is 0. The summed E-state index contributed by atoms with van der Waals surface area (Å²) in [6.45, 7) is 4.99. The number of thioether (sulfide) groups is 1. The van der Waals surface area contributed by atoms with E-state index in [1.165, 1.54) is 0 Å². The molecule has 0 saturated carbocycles. The number of fused-ring (bicyclic) bond motifs is 1. The molecule has 3 rings (SSSR count). The summed E-state index contributed by atoms with van der Waals surface area (Å²) in [5, 5.41) is 9.87. The SMILES string of the molecule is CCCN(C(=O)CCCC[C@@H]1SC[C@@H]2NC(=O)N[C@@H]21)C1CCNC1.Cl. The Hall–Kier alpha value is -0.660. The Bertz CT molecular complexity index is 462. The van der Waals surface area contributed by atoms with Crippen LogP contribution in [0.15, 0.2) is 0 Å². The number of nitrogens with one attached hydrogen (secondary N) is 3. The minimum absolute atomic E-state index is 0. The third-order valence-electron chi connectivity index (χ3n) is 5.33. The molecule has 4 atom stereocenters. The van der Waals surface area contributed by atoms with Gasteiger partial charge in [0.25, 0.3) is 0 Å². The number of amides is 3. The fourth-order valence-corrected chi connectivity index (χ4v) is 5.61. The number of hydrogen-bond donors (Lipinski definition) is 3. The lowest BCUT2D eigenvalue weighted by Crippen LogP contribution is -2.42. The van der Waals surface area contributed by atoms with Gasteiger partial charge in [0.2, 0.25) is 5.91 Å². The number of nitrogens with zero attached hydrogens (tertiary/aromatic N) is 1. The molecule has 3 saturated heterocycles. The summed E-state index contributed by atoms with van der Waals surface area (Å²) in [7, 11) is 0. The van der Waals surface area contributed by atoms with Gasteiger partial charge in [0.1, 0.15) is 0 Å². The maximum absolute atomic E-state index is 12.6. The van der Waals surface area contributed by atoms with Crippen molar-refractivity contribution in [2.75, 3.05) is 25.4 Å². The van der Waals surface area contributed by atoms with Crippen LogP contribution in [0, 0.1) is 0 Å². The average molecular weight is 391 g/mol. The molecule has 3 aliphatic rings. The Morgan fingerprint density at radius 1 is 1.32 bits per heavy atom. The second kappa shape index (κ2) is 9.88. The van der Waals surface area contributed by atoms with E-state index in [-0.39, 0.29) is 24.5 Å². The van der Waals surface area contributed by atoms with Crippen molar-refractivity contribution in [1.82, 2.24) is 20.9 Å². The third-order valence-corrected chi connectivity index (χ3v) is 6.84. The highest BCUT2D eigenvalue weighted by Gasteiger charge is 2.42. The van der Waals surface area contributed by atoms with Crippen LogP contribution < -0.4 is 16.0 Å². The van der Waals surface area contributed by atoms with Gasteiger partial charge in [-0.1, -0.05) is 13.3 Å². The van der Waals surface area contributed by atoms with Crippen LogP contribution in [0.5, 0.6) is 0 Å². The summed E-state index contributed by atoms with van der Waals surface area (Å²) in [6.07, 6.45) is 5.86. The third kappa shape index (κ3) is 5.17. The molecule has 6 nitrogen and oxygen atoms in total. The average Bonchev–Trinajstić information content (AvgIpc) is 3.27. The predicted molar refractivity (Wildman–Crippen MR) is 104 cm³/mol. The molecule has 3 heterocycles. The van der Waals surface area contributed by atoms with Crippen molar-refractivity contribution < 1.29 is 9.59 Å². The van der Waals surface area contributed by atoms with Crippen LogP contribution in [0.2, 0.25) is 0 Å². The van der Waals surface area contributed by atoms with Gasteiger partial charge in [-0.25, -0.2) is 4.79 Å². The molecular formula is C17H31ClN4O2S. The summed E-state index contributed by atoms with van der Waals surface area (Å²) < 4.78 is 0. The summed E-state index contributed by atoms with van der Waals surface area (Å²) in [6, 6.07) is 0.942. The van der Waals surface area contributed by atoms with Crippen LogP contribution in [-0.2, 0) is 4.79 Å². The van der Waals surface area contributed by atoms with Crippen molar-refractivity contribution in [3.05, 3.63) is 0 Å². The number of unbranched alkanes of at least 4 members (excludes halogenated alkanes) is 1. The van der Waals surface area contributed by atoms with E-state index in [9.17, 15) is 9.59 Å². The van der Waals surface area contributed by atoms with E-state index >= 15 is 0 Å². The lowest BCUT2D eigenvalue weighted by Gasteiger charge is -2.28. The minimum atomic E-state index is -0.0224. The first-order valence-electron chi connectivity index (χ1n) is 9.38. The maximum atomic E-state index is 12.6.